The molecule has 1 aromatic heterocycles. The maximum atomic E-state index is 13.2. The zero-order valence-electron chi connectivity index (χ0n) is 16.2. The summed E-state index contributed by atoms with van der Waals surface area (Å²) >= 11 is 0. The first-order valence-electron chi connectivity index (χ1n) is 9.55. The molecule has 0 spiro atoms. The van der Waals surface area contributed by atoms with Crippen molar-refractivity contribution in [2.45, 2.75) is 20.4 Å². The Hall–Kier alpha value is -3.40. The van der Waals surface area contributed by atoms with E-state index in [1.54, 1.807) is 0 Å². The first-order chi connectivity index (χ1) is 13.7. The van der Waals surface area contributed by atoms with E-state index >= 15 is 0 Å². The molecule has 0 unspecified atom stereocenters. The highest BCUT2D eigenvalue weighted by Gasteiger charge is 2.19. The molecule has 4 heteroatoms. The number of fused-ring (bicyclic) bond motifs is 1. The molecule has 0 radical (unpaired) electrons. The summed E-state index contributed by atoms with van der Waals surface area (Å²) in [5.41, 5.74) is 4.97. The topological polar surface area (TPSA) is 38.1 Å². The first-order valence-corrected chi connectivity index (χ1v) is 9.55. The Morgan fingerprint density at radius 3 is 2.46 bits per heavy atom. The van der Waals surface area contributed by atoms with Crippen molar-refractivity contribution in [1.29, 1.82) is 0 Å². The molecule has 0 fully saturated rings. The zero-order valence-corrected chi connectivity index (χ0v) is 16.2. The van der Waals surface area contributed by atoms with Crippen LogP contribution in [0.2, 0.25) is 0 Å². The largest absolute Gasteiger partial charge is 0.314 e. The predicted octanol–water partition coefficient (Wildman–Crippen LogP) is 5.06. The van der Waals surface area contributed by atoms with Crippen molar-refractivity contribution in [3.63, 3.8) is 0 Å². The molecule has 0 aliphatic heterocycles. The Labute approximate surface area is 165 Å². The minimum atomic E-state index is 0.0470. The average Bonchev–Trinajstić information content (AvgIpc) is 3.08. The highest BCUT2D eigenvalue weighted by atomic mass is 16.2. The Morgan fingerprint density at radius 2 is 1.71 bits per heavy atom. The van der Waals surface area contributed by atoms with Crippen LogP contribution in [0.5, 0.6) is 0 Å². The van der Waals surface area contributed by atoms with Gasteiger partial charge in [-0.3, -0.25) is 4.79 Å². The van der Waals surface area contributed by atoms with Crippen LogP contribution in [-0.2, 0) is 11.3 Å². The van der Waals surface area contributed by atoms with Crippen LogP contribution >= 0.6 is 0 Å². The zero-order chi connectivity index (χ0) is 19.5. The van der Waals surface area contributed by atoms with Gasteiger partial charge in [0, 0.05) is 17.8 Å². The molecule has 140 valence electrons. The molecular weight excluding hydrogens is 346 g/mol. The number of carbonyl (C=O) groups is 1. The van der Waals surface area contributed by atoms with Crippen molar-refractivity contribution in [3.05, 3.63) is 84.4 Å². The smallest absolute Gasteiger partial charge is 0.246 e. The van der Waals surface area contributed by atoms with E-state index in [0.29, 0.717) is 6.54 Å². The summed E-state index contributed by atoms with van der Waals surface area (Å²) in [6.45, 7) is 4.93. The second kappa shape index (κ2) is 7.69. The lowest BCUT2D eigenvalue weighted by Crippen LogP contribution is -2.33. The fraction of sp³-hybridized carbons (Fsp3) is 0.167. The first kappa shape index (κ1) is 18.0. The second-order valence-corrected chi connectivity index (χ2v) is 6.85. The maximum absolute atomic E-state index is 13.2. The summed E-state index contributed by atoms with van der Waals surface area (Å²) in [6, 6.07) is 26.0. The molecule has 0 aliphatic rings. The Balaban J connectivity index is 1.77. The van der Waals surface area contributed by atoms with E-state index < -0.39 is 0 Å². The van der Waals surface area contributed by atoms with Crippen LogP contribution < -0.4 is 4.90 Å². The monoisotopic (exact) mass is 369 g/mol. The molecule has 0 N–H and O–H groups in total. The predicted molar refractivity (Wildman–Crippen MR) is 114 cm³/mol. The van der Waals surface area contributed by atoms with Crippen molar-refractivity contribution >= 4 is 22.6 Å². The SMILES string of the molecule is CCN(C(=O)Cn1c(-c2cccc(C)c2)nc2ccccc21)c1ccccc1. The number of anilines is 1. The number of aromatic nitrogens is 2. The summed E-state index contributed by atoms with van der Waals surface area (Å²) < 4.78 is 2.03. The van der Waals surface area contributed by atoms with E-state index in [-0.39, 0.29) is 12.5 Å². The second-order valence-electron chi connectivity index (χ2n) is 6.85. The van der Waals surface area contributed by atoms with Crippen LogP contribution in [0, 0.1) is 6.92 Å². The Bertz CT molecular complexity index is 1120. The van der Waals surface area contributed by atoms with Crippen LogP contribution in [0.15, 0.2) is 78.9 Å². The molecule has 0 saturated carbocycles. The highest BCUT2D eigenvalue weighted by Crippen LogP contribution is 2.26. The van der Waals surface area contributed by atoms with Gasteiger partial charge in [-0.25, -0.2) is 4.98 Å². The van der Waals surface area contributed by atoms with E-state index in [0.717, 1.165) is 28.1 Å². The van der Waals surface area contributed by atoms with Gasteiger partial charge in [0.2, 0.25) is 5.91 Å². The summed E-state index contributed by atoms with van der Waals surface area (Å²) in [4.78, 5) is 19.9. The van der Waals surface area contributed by atoms with Crippen LogP contribution in [-0.4, -0.2) is 22.0 Å². The third-order valence-electron chi connectivity index (χ3n) is 4.91. The fourth-order valence-electron chi connectivity index (χ4n) is 3.57. The average molecular weight is 369 g/mol. The Morgan fingerprint density at radius 1 is 0.964 bits per heavy atom. The number of carbonyl (C=O) groups excluding carboxylic acids is 1. The lowest BCUT2D eigenvalue weighted by Gasteiger charge is -2.22. The number of hydrogen-bond donors (Lipinski definition) is 0. The standard InChI is InChI=1S/C24H23N3O/c1-3-26(20-12-5-4-6-13-20)23(28)17-27-22-15-8-7-14-21(22)25-24(27)19-11-9-10-18(2)16-19/h4-16H,3,17H2,1-2H3. The number of likely N-dealkylation sites (N-methyl/N-ethyl adjacent to an activating group) is 1. The van der Waals surface area contributed by atoms with E-state index in [9.17, 15) is 4.79 Å². The molecular formula is C24H23N3O. The molecule has 0 aliphatic carbocycles. The molecule has 4 aromatic rings. The van der Waals surface area contributed by atoms with Gasteiger partial charge in [-0.15, -0.1) is 0 Å². The molecule has 0 atom stereocenters. The molecule has 3 aromatic carbocycles. The van der Waals surface area contributed by atoms with Crippen LogP contribution in [0.4, 0.5) is 5.69 Å². The molecule has 0 saturated heterocycles. The number of benzene rings is 3. The van der Waals surface area contributed by atoms with E-state index in [1.165, 1.54) is 5.56 Å². The summed E-state index contributed by atoms with van der Waals surface area (Å²) in [7, 11) is 0. The third-order valence-corrected chi connectivity index (χ3v) is 4.91. The normalized spacial score (nSPS) is 10.9. The molecule has 28 heavy (non-hydrogen) atoms. The number of imidazole rings is 1. The van der Waals surface area contributed by atoms with Gasteiger partial charge >= 0.3 is 0 Å². The number of amides is 1. The summed E-state index contributed by atoms with van der Waals surface area (Å²) in [5.74, 6) is 0.869. The molecule has 1 amide bonds. The number of para-hydroxylation sites is 3. The summed E-state index contributed by atoms with van der Waals surface area (Å²) in [5, 5.41) is 0. The number of hydrogen-bond acceptors (Lipinski definition) is 2. The number of nitrogens with zero attached hydrogens (tertiary/aromatic N) is 3. The van der Waals surface area contributed by atoms with Crippen molar-refractivity contribution in [1.82, 2.24) is 9.55 Å². The molecule has 4 nitrogen and oxygen atoms in total. The van der Waals surface area contributed by atoms with E-state index in [1.807, 2.05) is 83.1 Å². The van der Waals surface area contributed by atoms with Crippen LogP contribution in [0.3, 0.4) is 0 Å². The van der Waals surface area contributed by atoms with Crippen LogP contribution in [0.1, 0.15) is 12.5 Å². The molecule has 4 rings (SSSR count). The van der Waals surface area contributed by atoms with Gasteiger partial charge in [-0.05, 0) is 44.2 Å². The van der Waals surface area contributed by atoms with Crippen molar-refractivity contribution in [2.24, 2.45) is 0 Å². The van der Waals surface area contributed by atoms with Gasteiger partial charge in [0.25, 0.3) is 0 Å². The van der Waals surface area contributed by atoms with E-state index in [2.05, 4.69) is 19.1 Å². The van der Waals surface area contributed by atoms with Crippen molar-refractivity contribution in [2.75, 3.05) is 11.4 Å². The van der Waals surface area contributed by atoms with Gasteiger partial charge in [0.05, 0.1) is 11.0 Å². The quantitative estimate of drug-likeness (QED) is 0.493. The van der Waals surface area contributed by atoms with Crippen molar-refractivity contribution < 1.29 is 4.79 Å². The van der Waals surface area contributed by atoms with E-state index in [4.69, 9.17) is 4.98 Å². The van der Waals surface area contributed by atoms with Crippen molar-refractivity contribution in [3.8, 4) is 11.4 Å². The van der Waals surface area contributed by atoms with Gasteiger partial charge in [0.15, 0.2) is 0 Å². The maximum Gasteiger partial charge on any atom is 0.246 e. The van der Waals surface area contributed by atoms with Gasteiger partial charge < -0.3 is 9.47 Å². The third kappa shape index (κ3) is 3.41. The van der Waals surface area contributed by atoms with Gasteiger partial charge in [-0.1, -0.05) is 54.1 Å². The number of rotatable bonds is 5. The molecule has 0 bridgehead atoms. The minimum Gasteiger partial charge on any atom is -0.314 e. The number of aryl methyl sites for hydroxylation is 1. The van der Waals surface area contributed by atoms with Gasteiger partial charge in [-0.2, -0.15) is 0 Å². The lowest BCUT2D eigenvalue weighted by atomic mass is 10.1. The fourth-order valence-corrected chi connectivity index (χ4v) is 3.57. The minimum absolute atomic E-state index is 0.0470. The van der Waals surface area contributed by atoms with Gasteiger partial charge in [0.1, 0.15) is 12.4 Å². The van der Waals surface area contributed by atoms with Crippen LogP contribution in [0.25, 0.3) is 22.4 Å². The lowest BCUT2D eigenvalue weighted by molar-refractivity contribution is -0.119. The highest BCUT2D eigenvalue weighted by molar-refractivity contribution is 5.94. The molecule has 1 heterocycles. The summed E-state index contributed by atoms with van der Waals surface area (Å²) in [6.07, 6.45) is 0. The Kier molecular flexibility index (Phi) is 4.94.